The highest BCUT2D eigenvalue weighted by molar-refractivity contribution is 8.01. The van der Waals surface area contributed by atoms with Gasteiger partial charge in [0.15, 0.2) is 0 Å². The fourth-order valence-corrected chi connectivity index (χ4v) is 2.46. The summed E-state index contributed by atoms with van der Waals surface area (Å²) in [6.07, 6.45) is 0.485. The fourth-order valence-electron chi connectivity index (χ4n) is 0.683. The summed E-state index contributed by atoms with van der Waals surface area (Å²) in [5, 5.41) is 2.03. The van der Waals surface area contributed by atoms with Crippen molar-refractivity contribution in [1.82, 2.24) is 0 Å². The third kappa shape index (κ3) is 3.28. The van der Waals surface area contributed by atoms with Crippen molar-refractivity contribution < 1.29 is 9.53 Å². The number of ether oxygens (including phenoxy) is 1. The van der Waals surface area contributed by atoms with E-state index in [0.717, 1.165) is 5.75 Å². The van der Waals surface area contributed by atoms with Crippen LogP contribution in [0.1, 0.15) is 6.42 Å². The Labute approximate surface area is 79.9 Å². The minimum atomic E-state index is -0.140. The van der Waals surface area contributed by atoms with Gasteiger partial charge in [-0.1, -0.05) is 6.07 Å². The van der Waals surface area contributed by atoms with Gasteiger partial charge in [0, 0.05) is 5.75 Å². The molecule has 0 aliphatic carbocycles. The second kappa shape index (κ2) is 5.22. The molecule has 0 fully saturated rings. The van der Waals surface area contributed by atoms with Crippen LogP contribution >= 0.6 is 23.1 Å². The van der Waals surface area contributed by atoms with Gasteiger partial charge in [-0.05, 0) is 11.4 Å². The summed E-state index contributed by atoms with van der Waals surface area (Å²) in [7, 11) is 1.41. The summed E-state index contributed by atoms with van der Waals surface area (Å²) in [6.45, 7) is 0. The molecule has 1 heterocycles. The maximum Gasteiger partial charge on any atom is 0.306 e. The highest BCUT2D eigenvalue weighted by Gasteiger charge is 2.00. The van der Waals surface area contributed by atoms with Crippen LogP contribution in [-0.2, 0) is 9.53 Å². The molecule has 66 valence electrons. The average molecular weight is 202 g/mol. The summed E-state index contributed by atoms with van der Waals surface area (Å²) in [5.41, 5.74) is 0. The normalized spacial score (nSPS) is 9.75. The van der Waals surface area contributed by atoms with E-state index in [1.807, 2.05) is 17.5 Å². The number of methoxy groups -OCH3 is 1. The first kappa shape index (κ1) is 9.61. The topological polar surface area (TPSA) is 26.3 Å². The van der Waals surface area contributed by atoms with E-state index >= 15 is 0 Å². The largest absolute Gasteiger partial charge is 0.469 e. The Morgan fingerprint density at radius 2 is 2.58 bits per heavy atom. The van der Waals surface area contributed by atoms with Gasteiger partial charge >= 0.3 is 5.97 Å². The molecule has 0 spiro atoms. The number of thiophene rings is 1. The molecule has 2 nitrogen and oxygen atoms in total. The monoisotopic (exact) mass is 202 g/mol. The number of rotatable bonds is 4. The molecule has 0 aromatic carbocycles. The lowest BCUT2D eigenvalue weighted by Crippen LogP contribution is -2.00. The molecular weight excluding hydrogens is 192 g/mol. The smallest absolute Gasteiger partial charge is 0.306 e. The first-order valence-corrected chi connectivity index (χ1v) is 5.42. The zero-order valence-corrected chi connectivity index (χ0v) is 8.41. The van der Waals surface area contributed by atoms with E-state index in [0.29, 0.717) is 6.42 Å². The molecule has 12 heavy (non-hydrogen) atoms. The fraction of sp³-hybridized carbons (Fsp3) is 0.375. The Kier molecular flexibility index (Phi) is 4.18. The van der Waals surface area contributed by atoms with E-state index in [2.05, 4.69) is 4.74 Å². The Balaban J connectivity index is 2.15. The molecule has 0 unspecified atom stereocenters. The SMILES string of the molecule is COC(=O)CCSc1cccs1. The Bertz CT molecular complexity index is 231. The lowest BCUT2D eigenvalue weighted by atomic mass is 10.5. The number of hydrogen-bond donors (Lipinski definition) is 0. The number of esters is 1. The van der Waals surface area contributed by atoms with Gasteiger partial charge in [-0.25, -0.2) is 0 Å². The lowest BCUT2D eigenvalue weighted by Gasteiger charge is -1.96. The minimum Gasteiger partial charge on any atom is -0.469 e. The molecule has 0 amide bonds. The van der Waals surface area contributed by atoms with Crippen LogP contribution in [0.15, 0.2) is 21.7 Å². The summed E-state index contributed by atoms with van der Waals surface area (Å²) >= 11 is 3.38. The van der Waals surface area contributed by atoms with Crippen LogP contribution in [0.3, 0.4) is 0 Å². The third-order valence-corrected chi connectivity index (χ3v) is 3.41. The van der Waals surface area contributed by atoms with E-state index in [1.165, 1.54) is 11.3 Å². The maximum absolute atomic E-state index is 10.7. The van der Waals surface area contributed by atoms with E-state index < -0.39 is 0 Å². The molecular formula is C8H10O2S2. The molecule has 4 heteroatoms. The minimum absolute atomic E-state index is 0.140. The maximum atomic E-state index is 10.7. The van der Waals surface area contributed by atoms with Gasteiger partial charge in [0.05, 0.1) is 17.7 Å². The Morgan fingerprint density at radius 3 is 3.17 bits per heavy atom. The van der Waals surface area contributed by atoms with Crippen LogP contribution in [0, 0.1) is 0 Å². The summed E-state index contributed by atoms with van der Waals surface area (Å²) in [4.78, 5) is 10.7. The molecule has 0 aliphatic rings. The second-order valence-electron chi connectivity index (χ2n) is 2.11. The van der Waals surface area contributed by atoms with Crippen molar-refractivity contribution in [3.63, 3.8) is 0 Å². The van der Waals surface area contributed by atoms with Crippen LogP contribution in [0.4, 0.5) is 0 Å². The highest BCUT2D eigenvalue weighted by Crippen LogP contribution is 2.23. The molecule has 0 bridgehead atoms. The van der Waals surface area contributed by atoms with Crippen molar-refractivity contribution in [2.24, 2.45) is 0 Å². The number of hydrogen-bond acceptors (Lipinski definition) is 4. The summed E-state index contributed by atoms with van der Waals surface area (Å²) < 4.78 is 5.77. The van der Waals surface area contributed by atoms with Crippen molar-refractivity contribution in [3.8, 4) is 0 Å². The average Bonchev–Trinajstić information content (AvgIpc) is 2.57. The zero-order chi connectivity index (χ0) is 8.81. The summed E-state index contributed by atoms with van der Waals surface area (Å²) in [5.74, 6) is 0.659. The van der Waals surface area contributed by atoms with E-state index in [9.17, 15) is 4.79 Å². The van der Waals surface area contributed by atoms with Crippen LogP contribution in [-0.4, -0.2) is 18.8 Å². The Hall–Kier alpha value is -0.480. The van der Waals surface area contributed by atoms with Crippen molar-refractivity contribution in [1.29, 1.82) is 0 Å². The van der Waals surface area contributed by atoms with Crippen LogP contribution in [0.25, 0.3) is 0 Å². The van der Waals surface area contributed by atoms with Gasteiger partial charge in [-0.3, -0.25) is 4.79 Å². The summed E-state index contributed by atoms with van der Waals surface area (Å²) in [6, 6.07) is 4.05. The van der Waals surface area contributed by atoms with E-state index in [4.69, 9.17) is 0 Å². The standard InChI is InChI=1S/C8H10O2S2/c1-10-7(9)4-6-12-8-3-2-5-11-8/h2-3,5H,4,6H2,1H3. The first-order valence-electron chi connectivity index (χ1n) is 3.56. The number of carbonyl (C=O) groups excluding carboxylic acids is 1. The zero-order valence-electron chi connectivity index (χ0n) is 6.78. The quantitative estimate of drug-likeness (QED) is 0.554. The molecule has 1 aromatic heterocycles. The first-order chi connectivity index (χ1) is 5.83. The number of thioether (sulfide) groups is 1. The van der Waals surface area contributed by atoms with Crippen LogP contribution in [0.2, 0.25) is 0 Å². The molecule has 1 aromatic rings. The molecule has 0 saturated carbocycles. The molecule has 0 radical (unpaired) electrons. The third-order valence-electron chi connectivity index (χ3n) is 1.27. The lowest BCUT2D eigenvalue weighted by molar-refractivity contribution is -0.140. The van der Waals surface area contributed by atoms with Crippen LogP contribution < -0.4 is 0 Å². The second-order valence-corrected chi connectivity index (χ2v) is 4.45. The van der Waals surface area contributed by atoms with E-state index in [1.54, 1.807) is 23.1 Å². The molecule has 0 atom stereocenters. The van der Waals surface area contributed by atoms with Gasteiger partial charge in [-0.2, -0.15) is 0 Å². The van der Waals surface area contributed by atoms with Gasteiger partial charge < -0.3 is 4.74 Å². The Morgan fingerprint density at radius 1 is 1.75 bits per heavy atom. The van der Waals surface area contributed by atoms with Gasteiger partial charge in [0.25, 0.3) is 0 Å². The van der Waals surface area contributed by atoms with Gasteiger partial charge in [0.2, 0.25) is 0 Å². The van der Waals surface area contributed by atoms with Crippen LogP contribution in [0.5, 0.6) is 0 Å². The predicted octanol–water partition coefficient (Wildman–Crippen LogP) is 2.40. The van der Waals surface area contributed by atoms with Gasteiger partial charge in [0.1, 0.15) is 0 Å². The molecule has 0 N–H and O–H groups in total. The highest BCUT2D eigenvalue weighted by atomic mass is 32.2. The van der Waals surface area contributed by atoms with Crippen molar-refractivity contribution in [2.75, 3.05) is 12.9 Å². The van der Waals surface area contributed by atoms with Gasteiger partial charge in [-0.15, -0.1) is 23.1 Å². The van der Waals surface area contributed by atoms with Crippen molar-refractivity contribution in [2.45, 2.75) is 10.6 Å². The number of carbonyl (C=O) groups is 1. The van der Waals surface area contributed by atoms with Crippen molar-refractivity contribution in [3.05, 3.63) is 17.5 Å². The molecule has 0 saturated heterocycles. The van der Waals surface area contributed by atoms with Crippen molar-refractivity contribution >= 4 is 29.1 Å². The molecule has 0 aliphatic heterocycles. The molecule has 1 rings (SSSR count). The van der Waals surface area contributed by atoms with E-state index in [-0.39, 0.29) is 5.97 Å². The predicted molar refractivity (Wildman–Crippen MR) is 51.7 cm³/mol.